The molecule has 1 aliphatic carbocycles. The average Bonchev–Trinajstić information content (AvgIpc) is 2.80. The highest BCUT2D eigenvalue weighted by Gasteiger charge is 2.58. The Morgan fingerprint density at radius 1 is 1.57 bits per heavy atom. The van der Waals surface area contributed by atoms with Gasteiger partial charge in [-0.15, -0.1) is 0 Å². The van der Waals surface area contributed by atoms with E-state index < -0.39 is 11.5 Å². The van der Waals surface area contributed by atoms with Crippen molar-refractivity contribution in [2.24, 2.45) is 5.73 Å². The third-order valence-electron chi connectivity index (χ3n) is 2.97. The third-order valence-corrected chi connectivity index (χ3v) is 2.97. The Balaban J connectivity index is 2.29. The number of aliphatic carboxylic acids is 1. The molecule has 1 fully saturated rings. The Bertz CT molecular complexity index is 389. The van der Waals surface area contributed by atoms with Crippen LogP contribution in [0.1, 0.15) is 23.5 Å². The fourth-order valence-corrected chi connectivity index (χ4v) is 1.88. The van der Waals surface area contributed by atoms with Crippen LogP contribution in [-0.2, 0) is 4.79 Å². The minimum absolute atomic E-state index is 0.0128. The molecule has 1 saturated carbocycles. The first-order valence-electron chi connectivity index (χ1n) is 4.63. The van der Waals surface area contributed by atoms with Crippen LogP contribution in [0.15, 0.2) is 24.3 Å². The zero-order valence-electron chi connectivity index (χ0n) is 8.03. The second kappa shape index (κ2) is 2.82. The van der Waals surface area contributed by atoms with Crippen LogP contribution in [0.4, 0.5) is 0 Å². The second-order valence-corrected chi connectivity index (χ2v) is 3.96. The summed E-state index contributed by atoms with van der Waals surface area (Å²) < 4.78 is 0. The molecule has 3 N–H and O–H groups in total. The van der Waals surface area contributed by atoms with Crippen LogP contribution in [0.2, 0.25) is 0 Å². The minimum Gasteiger partial charge on any atom is -0.480 e. The predicted octanol–water partition coefficient (Wildman–Crippen LogP) is 1.26. The summed E-state index contributed by atoms with van der Waals surface area (Å²) in [5.41, 5.74) is 6.90. The molecule has 3 nitrogen and oxygen atoms in total. The maximum absolute atomic E-state index is 10.9. The minimum atomic E-state index is -1.02. The first-order valence-corrected chi connectivity index (χ1v) is 4.63. The molecule has 0 aliphatic heterocycles. The van der Waals surface area contributed by atoms with E-state index in [9.17, 15) is 4.79 Å². The summed E-state index contributed by atoms with van der Waals surface area (Å²) in [7, 11) is 0. The monoisotopic (exact) mass is 191 g/mol. The van der Waals surface area contributed by atoms with Gasteiger partial charge in [-0.25, -0.2) is 0 Å². The van der Waals surface area contributed by atoms with Crippen molar-refractivity contribution in [2.45, 2.75) is 24.8 Å². The molecule has 0 amide bonds. The van der Waals surface area contributed by atoms with Crippen molar-refractivity contribution in [3.8, 4) is 0 Å². The first-order chi connectivity index (χ1) is 6.55. The van der Waals surface area contributed by atoms with E-state index in [-0.39, 0.29) is 5.92 Å². The van der Waals surface area contributed by atoms with Crippen LogP contribution in [0.5, 0.6) is 0 Å². The van der Waals surface area contributed by atoms with Gasteiger partial charge in [0.1, 0.15) is 5.54 Å². The van der Waals surface area contributed by atoms with Crippen molar-refractivity contribution in [2.75, 3.05) is 0 Å². The average molecular weight is 191 g/mol. The highest BCUT2D eigenvalue weighted by Crippen LogP contribution is 2.50. The van der Waals surface area contributed by atoms with Gasteiger partial charge < -0.3 is 10.8 Å². The normalized spacial score (nSPS) is 30.0. The SMILES string of the molecule is Cc1ccccc1[C@@H]1C[C@]1(N)C(=O)O. The molecule has 1 aliphatic rings. The molecule has 2 rings (SSSR count). The van der Waals surface area contributed by atoms with Gasteiger partial charge in [0.05, 0.1) is 0 Å². The summed E-state index contributed by atoms with van der Waals surface area (Å²) in [6.45, 7) is 1.98. The number of hydrogen-bond donors (Lipinski definition) is 2. The molecule has 74 valence electrons. The Hall–Kier alpha value is -1.35. The molecule has 0 unspecified atom stereocenters. The quantitative estimate of drug-likeness (QED) is 0.739. The van der Waals surface area contributed by atoms with Crippen molar-refractivity contribution < 1.29 is 9.90 Å². The van der Waals surface area contributed by atoms with Crippen LogP contribution in [0, 0.1) is 6.92 Å². The van der Waals surface area contributed by atoms with Crippen molar-refractivity contribution in [3.05, 3.63) is 35.4 Å². The smallest absolute Gasteiger partial charge is 0.324 e. The van der Waals surface area contributed by atoms with Gasteiger partial charge in [0.2, 0.25) is 0 Å². The predicted molar refractivity (Wildman–Crippen MR) is 53.1 cm³/mol. The molecule has 0 saturated heterocycles. The molecule has 0 radical (unpaired) electrons. The molecule has 1 aromatic carbocycles. The van der Waals surface area contributed by atoms with E-state index >= 15 is 0 Å². The van der Waals surface area contributed by atoms with Crippen LogP contribution < -0.4 is 5.73 Å². The summed E-state index contributed by atoms with van der Waals surface area (Å²) in [5.74, 6) is -0.910. The number of rotatable bonds is 2. The fraction of sp³-hybridized carbons (Fsp3) is 0.364. The van der Waals surface area contributed by atoms with E-state index in [1.54, 1.807) is 0 Å². The van der Waals surface area contributed by atoms with Crippen molar-refractivity contribution >= 4 is 5.97 Å². The highest BCUT2D eigenvalue weighted by atomic mass is 16.4. The van der Waals surface area contributed by atoms with Crippen molar-refractivity contribution in [1.29, 1.82) is 0 Å². The number of carboxylic acids is 1. The van der Waals surface area contributed by atoms with Gasteiger partial charge in [0.25, 0.3) is 0 Å². The Morgan fingerprint density at radius 3 is 2.71 bits per heavy atom. The van der Waals surface area contributed by atoms with Gasteiger partial charge in [0, 0.05) is 5.92 Å². The fourth-order valence-electron chi connectivity index (χ4n) is 1.88. The molecule has 0 spiro atoms. The number of aryl methyl sites for hydroxylation is 1. The van der Waals surface area contributed by atoms with E-state index in [1.807, 2.05) is 31.2 Å². The molecule has 0 heterocycles. The maximum atomic E-state index is 10.9. The molecular weight excluding hydrogens is 178 g/mol. The molecule has 14 heavy (non-hydrogen) atoms. The highest BCUT2D eigenvalue weighted by molar-refractivity contribution is 5.85. The van der Waals surface area contributed by atoms with Gasteiger partial charge in [-0.3, -0.25) is 4.79 Å². The van der Waals surface area contributed by atoms with Crippen LogP contribution >= 0.6 is 0 Å². The zero-order chi connectivity index (χ0) is 10.3. The summed E-state index contributed by atoms with van der Waals surface area (Å²) >= 11 is 0. The molecule has 0 bridgehead atoms. The summed E-state index contributed by atoms with van der Waals surface area (Å²) in [4.78, 5) is 10.9. The van der Waals surface area contributed by atoms with Gasteiger partial charge >= 0.3 is 5.97 Å². The van der Waals surface area contributed by atoms with E-state index in [4.69, 9.17) is 10.8 Å². The lowest BCUT2D eigenvalue weighted by Crippen LogP contribution is -2.34. The van der Waals surface area contributed by atoms with Gasteiger partial charge in [0.15, 0.2) is 0 Å². The molecule has 1 aromatic rings. The Kier molecular flexibility index (Phi) is 1.86. The van der Waals surface area contributed by atoms with Gasteiger partial charge in [-0.2, -0.15) is 0 Å². The number of nitrogens with two attached hydrogens (primary N) is 1. The zero-order valence-corrected chi connectivity index (χ0v) is 8.03. The van der Waals surface area contributed by atoms with E-state index in [0.29, 0.717) is 6.42 Å². The van der Waals surface area contributed by atoms with Crippen LogP contribution in [-0.4, -0.2) is 16.6 Å². The first kappa shape index (κ1) is 9.21. The molecule has 3 heteroatoms. The summed E-state index contributed by atoms with van der Waals surface area (Å²) in [6, 6.07) is 7.80. The van der Waals surface area contributed by atoms with E-state index in [0.717, 1.165) is 11.1 Å². The Morgan fingerprint density at radius 2 is 2.21 bits per heavy atom. The molecule has 0 aromatic heterocycles. The number of benzene rings is 1. The van der Waals surface area contributed by atoms with E-state index in [1.165, 1.54) is 0 Å². The lowest BCUT2D eigenvalue weighted by molar-refractivity contribution is -0.139. The van der Waals surface area contributed by atoms with Crippen molar-refractivity contribution in [1.82, 2.24) is 0 Å². The van der Waals surface area contributed by atoms with Gasteiger partial charge in [-0.05, 0) is 24.5 Å². The van der Waals surface area contributed by atoms with E-state index in [2.05, 4.69) is 0 Å². The molecular formula is C11H13NO2. The largest absolute Gasteiger partial charge is 0.480 e. The summed E-state index contributed by atoms with van der Waals surface area (Å²) in [5, 5.41) is 8.91. The van der Waals surface area contributed by atoms with Gasteiger partial charge in [-0.1, -0.05) is 24.3 Å². The topological polar surface area (TPSA) is 63.3 Å². The number of hydrogen-bond acceptors (Lipinski definition) is 2. The second-order valence-electron chi connectivity index (χ2n) is 3.96. The lowest BCUT2D eigenvalue weighted by Gasteiger charge is -2.07. The van der Waals surface area contributed by atoms with Crippen molar-refractivity contribution in [3.63, 3.8) is 0 Å². The lowest BCUT2D eigenvalue weighted by atomic mass is 10.0. The Labute approximate surface area is 82.5 Å². The summed E-state index contributed by atoms with van der Waals surface area (Å²) in [6.07, 6.45) is 0.549. The van der Waals surface area contributed by atoms with Crippen LogP contribution in [0.3, 0.4) is 0 Å². The standard InChI is InChI=1S/C11H13NO2/c1-7-4-2-3-5-8(7)9-6-11(9,12)10(13)14/h2-5,9H,6,12H2,1H3,(H,13,14)/t9-,11+/m0/s1. The molecule has 2 atom stereocenters. The number of carboxylic acid groups (broad SMARTS) is 1. The van der Waals surface area contributed by atoms with Crippen LogP contribution in [0.25, 0.3) is 0 Å². The maximum Gasteiger partial charge on any atom is 0.324 e. The third kappa shape index (κ3) is 1.21. The number of carbonyl (C=O) groups is 1.